The lowest BCUT2D eigenvalue weighted by Gasteiger charge is -2.21. The zero-order chi connectivity index (χ0) is 19.1. The molecule has 0 radical (unpaired) electrons. The van der Waals surface area contributed by atoms with E-state index in [4.69, 9.17) is 4.99 Å². The molecule has 1 saturated carbocycles. The van der Waals surface area contributed by atoms with Gasteiger partial charge in [-0.2, -0.15) is 0 Å². The van der Waals surface area contributed by atoms with E-state index in [9.17, 15) is 9.90 Å². The fraction of sp³-hybridized carbons (Fsp3) is 0.619. The molecule has 6 heteroatoms. The summed E-state index contributed by atoms with van der Waals surface area (Å²) in [6.07, 6.45) is 6.09. The number of carbonyl (C=O) groups excluding carboxylic acids is 1. The van der Waals surface area contributed by atoms with Crippen molar-refractivity contribution in [2.45, 2.75) is 58.1 Å². The topological polar surface area (TPSA) is 77.0 Å². The summed E-state index contributed by atoms with van der Waals surface area (Å²) in [5.74, 6) is 1.14. The van der Waals surface area contributed by atoms with Gasteiger partial charge < -0.3 is 20.6 Å². The van der Waals surface area contributed by atoms with Crippen LogP contribution in [0.3, 0.4) is 0 Å². The van der Waals surface area contributed by atoms with Crippen molar-refractivity contribution in [1.82, 2.24) is 10.2 Å². The zero-order valence-corrected chi connectivity index (χ0v) is 16.3. The van der Waals surface area contributed by atoms with Crippen molar-refractivity contribution in [1.29, 1.82) is 0 Å². The van der Waals surface area contributed by atoms with Crippen LogP contribution in [0.25, 0.3) is 0 Å². The quantitative estimate of drug-likeness (QED) is 0.549. The molecular weight excluding hydrogens is 340 g/mol. The van der Waals surface area contributed by atoms with Crippen LogP contribution in [-0.4, -0.2) is 47.6 Å². The van der Waals surface area contributed by atoms with Crippen LogP contribution in [0.5, 0.6) is 0 Å². The summed E-state index contributed by atoms with van der Waals surface area (Å²) < 4.78 is 0. The zero-order valence-electron chi connectivity index (χ0n) is 16.3. The van der Waals surface area contributed by atoms with Gasteiger partial charge in [0.25, 0.3) is 0 Å². The van der Waals surface area contributed by atoms with Crippen molar-refractivity contribution in [3.63, 3.8) is 0 Å². The molecule has 0 bridgehead atoms. The highest BCUT2D eigenvalue weighted by Crippen LogP contribution is 2.25. The van der Waals surface area contributed by atoms with Gasteiger partial charge in [0.2, 0.25) is 5.91 Å². The van der Waals surface area contributed by atoms with E-state index < -0.39 is 0 Å². The largest absolute Gasteiger partial charge is 0.391 e. The molecular formula is C21H32N4O2. The van der Waals surface area contributed by atoms with Crippen LogP contribution in [0.1, 0.15) is 51.0 Å². The van der Waals surface area contributed by atoms with Crippen LogP contribution in [0, 0.1) is 5.92 Å². The normalized spacial score (nSPS) is 21.3. The number of likely N-dealkylation sites (tertiary alicyclic amines) is 1. The third-order valence-electron chi connectivity index (χ3n) is 5.38. The van der Waals surface area contributed by atoms with Crippen LogP contribution in [0.4, 0.5) is 5.69 Å². The van der Waals surface area contributed by atoms with E-state index in [0.29, 0.717) is 13.1 Å². The standard InChI is InChI=1S/C21H32N4O2/c1-2-22-21(25-12-11-19(26)15-25)23-14-16-7-6-10-18(13-16)24-20(27)17-8-4-3-5-9-17/h6-7,10,13,17,19,26H,2-5,8-9,11-12,14-15H2,1H3,(H,22,23)(H,24,27)/t19-/m1/s1. The van der Waals surface area contributed by atoms with Gasteiger partial charge >= 0.3 is 0 Å². The molecule has 6 nitrogen and oxygen atoms in total. The van der Waals surface area contributed by atoms with Gasteiger partial charge in [-0.1, -0.05) is 31.4 Å². The van der Waals surface area contributed by atoms with Gasteiger partial charge in [0, 0.05) is 31.2 Å². The molecule has 0 unspecified atom stereocenters. The molecule has 0 spiro atoms. The lowest BCUT2D eigenvalue weighted by atomic mass is 9.88. The number of hydrogen-bond donors (Lipinski definition) is 3. The maximum atomic E-state index is 12.5. The first kappa shape index (κ1) is 19.7. The first-order valence-corrected chi connectivity index (χ1v) is 10.3. The highest BCUT2D eigenvalue weighted by atomic mass is 16.3. The third kappa shape index (κ3) is 5.70. The van der Waals surface area contributed by atoms with Crippen molar-refractivity contribution < 1.29 is 9.90 Å². The summed E-state index contributed by atoms with van der Waals surface area (Å²) in [6, 6.07) is 7.94. The molecule has 3 rings (SSSR count). The summed E-state index contributed by atoms with van der Waals surface area (Å²) in [4.78, 5) is 19.3. The number of β-amino-alcohol motifs (C(OH)–C–C–N with tert-alkyl or cyclic N) is 1. The number of nitrogens with zero attached hydrogens (tertiary/aromatic N) is 2. The van der Waals surface area contributed by atoms with Gasteiger partial charge in [-0.15, -0.1) is 0 Å². The minimum atomic E-state index is -0.271. The molecule has 3 N–H and O–H groups in total. The first-order chi connectivity index (χ1) is 13.2. The summed E-state index contributed by atoms with van der Waals surface area (Å²) in [6.45, 7) is 4.84. The van der Waals surface area contributed by atoms with Crippen molar-refractivity contribution in [3.05, 3.63) is 29.8 Å². The second kappa shape index (κ2) is 9.74. The van der Waals surface area contributed by atoms with Gasteiger partial charge in [0.1, 0.15) is 0 Å². The predicted molar refractivity (Wildman–Crippen MR) is 109 cm³/mol. The Kier molecular flexibility index (Phi) is 7.10. The Morgan fingerprint density at radius 3 is 2.78 bits per heavy atom. The van der Waals surface area contributed by atoms with Gasteiger partial charge in [-0.25, -0.2) is 4.99 Å². The number of amides is 1. The second-order valence-corrected chi connectivity index (χ2v) is 7.58. The van der Waals surface area contributed by atoms with Crippen LogP contribution in [0.15, 0.2) is 29.3 Å². The van der Waals surface area contributed by atoms with E-state index in [-0.39, 0.29) is 17.9 Å². The highest BCUT2D eigenvalue weighted by molar-refractivity contribution is 5.92. The molecule has 148 valence electrons. The molecule has 1 aromatic carbocycles. The fourth-order valence-electron chi connectivity index (χ4n) is 3.88. The number of carbonyl (C=O) groups is 1. The first-order valence-electron chi connectivity index (χ1n) is 10.3. The van der Waals surface area contributed by atoms with Crippen LogP contribution in [-0.2, 0) is 11.3 Å². The van der Waals surface area contributed by atoms with E-state index in [1.54, 1.807) is 0 Å². The minimum Gasteiger partial charge on any atom is -0.391 e. The third-order valence-corrected chi connectivity index (χ3v) is 5.38. The van der Waals surface area contributed by atoms with Crippen molar-refractivity contribution >= 4 is 17.6 Å². The van der Waals surface area contributed by atoms with Crippen molar-refractivity contribution in [3.8, 4) is 0 Å². The molecule has 1 amide bonds. The Morgan fingerprint density at radius 1 is 1.26 bits per heavy atom. The number of nitrogens with one attached hydrogen (secondary N) is 2. The van der Waals surface area contributed by atoms with Gasteiger partial charge in [-0.3, -0.25) is 4.79 Å². The molecule has 2 fully saturated rings. The number of guanidine groups is 1. The summed E-state index contributed by atoms with van der Waals surface area (Å²) in [5, 5.41) is 16.1. The number of rotatable bonds is 5. The average Bonchev–Trinajstić information content (AvgIpc) is 3.12. The van der Waals surface area contributed by atoms with Crippen molar-refractivity contribution in [2.75, 3.05) is 25.0 Å². The maximum absolute atomic E-state index is 12.5. The Balaban J connectivity index is 1.61. The number of hydrogen-bond acceptors (Lipinski definition) is 3. The number of anilines is 1. The van der Waals surface area contributed by atoms with E-state index >= 15 is 0 Å². The number of aliphatic hydroxyl groups excluding tert-OH is 1. The molecule has 1 atom stereocenters. The molecule has 1 aromatic rings. The van der Waals surface area contributed by atoms with E-state index in [1.807, 2.05) is 31.2 Å². The Morgan fingerprint density at radius 2 is 2.07 bits per heavy atom. The molecule has 27 heavy (non-hydrogen) atoms. The van der Waals surface area contributed by atoms with Gasteiger partial charge in [0.15, 0.2) is 5.96 Å². The van der Waals surface area contributed by atoms with Crippen LogP contribution in [0.2, 0.25) is 0 Å². The number of benzene rings is 1. The number of aliphatic imine (C=N–C) groups is 1. The Labute approximate surface area is 162 Å². The molecule has 1 aliphatic carbocycles. The molecule has 1 heterocycles. The molecule has 1 aliphatic heterocycles. The fourth-order valence-corrected chi connectivity index (χ4v) is 3.88. The predicted octanol–water partition coefficient (Wildman–Crippen LogP) is 2.74. The Bertz CT molecular complexity index is 655. The van der Waals surface area contributed by atoms with Crippen LogP contribution >= 0.6 is 0 Å². The van der Waals surface area contributed by atoms with E-state index in [0.717, 1.165) is 62.4 Å². The Hall–Kier alpha value is -2.08. The lowest BCUT2D eigenvalue weighted by molar-refractivity contribution is -0.120. The molecule has 0 aromatic heterocycles. The monoisotopic (exact) mass is 372 g/mol. The van der Waals surface area contributed by atoms with Gasteiger partial charge in [-0.05, 0) is 43.9 Å². The van der Waals surface area contributed by atoms with E-state index in [1.165, 1.54) is 6.42 Å². The van der Waals surface area contributed by atoms with Gasteiger partial charge in [0.05, 0.1) is 12.6 Å². The SMILES string of the molecule is CCNC(=NCc1cccc(NC(=O)C2CCCCC2)c1)N1CC[C@@H](O)C1. The highest BCUT2D eigenvalue weighted by Gasteiger charge is 2.23. The second-order valence-electron chi connectivity index (χ2n) is 7.58. The smallest absolute Gasteiger partial charge is 0.227 e. The molecule has 2 aliphatic rings. The maximum Gasteiger partial charge on any atom is 0.227 e. The van der Waals surface area contributed by atoms with E-state index in [2.05, 4.69) is 15.5 Å². The van der Waals surface area contributed by atoms with Crippen LogP contribution < -0.4 is 10.6 Å². The minimum absolute atomic E-state index is 0.148. The summed E-state index contributed by atoms with van der Waals surface area (Å²) in [7, 11) is 0. The average molecular weight is 373 g/mol. The lowest BCUT2D eigenvalue weighted by Crippen LogP contribution is -2.40. The molecule has 1 saturated heterocycles. The summed E-state index contributed by atoms with van der Waals surface area (Å²) >= 11 is 0. The van der Waals surface area contributed by atoms with Crippen molar-refractivity contribution in [2.24, 2.45) is 10.9 Å². The summed E-state index contributed by atoms with van der Waals surface area (Å²) in [5.41, 5.74) is 1.91. The number of aliphatic hydroxyl groups is 1.